The Morgan fingerprint density at radius 2 is 1.97 bits per heavy atom. The number of hydrogen-bond acceptors (Lipinski definition) is 10. The van der Waals surface area contributed by atoms with Crippen molar-refractivity contribution in [3.05, 3.63) is 36.9 Å². The fourth-order valence-electron chi connectivity index (χ4n) is 3.11. The molecule has 1 fully saturated rings. The minimum Gasteiger partial charge on any atom is -0.394 e. The first-order chi connectivity index (χ1) is 13.8. The zero-order chi connectivity index (χ0) is 20.8. The molecule has 13 heteroatoms. The molecule has 0 radical (unpaired) electrons. The van der Waals surface area contributed by atoms with Crippen LogP contribution in [0.1, 0.15) is 6.23 Å². The number of nitrogens with zero attached hydrogens (tertiary/aromatic N) is 4. The van der Waals surface area contributed by atoms with Gasteiger partial charge in [0, 0.05) is 5.69 Å². The first-order valence-electron chi connectivity index (χ1n) is 8.44. The quantitative estimate of drug-likeness (QED) is 0.332. The summed E-state index contributed by atoms with van der Waals surface area (Å²) >= 11 is 0. The van der Waals surface area contributed by atoms with E-state index in [-0.39, 0.29) is 16.4 Å². The van der Waals surface area contributed by atoms with Gasteiger partial charge in [0.15, 0.2) is 23.2 Å². The van der Waals surface area contributed by atoms with Crippen LogP contribution in [-0.4, -0.2) is 72.7 Å². The van der Waals surface area contributed by atoms with Crippen molar-refractivity contribution in [1.29, 1.82) is 0 Å². The molecule has 4 atom stereocenters. The number of benzene rings is 1. The van der Waals surface area contributed by atoms with Gasteiger partial charge in [0.1, 0.15) is 24.6 Å². The molecule has 1 saturated heterocycles. The zero-order valence-corrected chi connectivity index (χ0v) is 15.5. The maximum absolute atomic E-state index is 11.3. The number of aliphatic hydroxyl groups excluding tert-OH is 3. The number of fused-ring (bicyclic) bond motifs is 1. The van der Waals surface area contributed by atoms with Gasteiger partial charge in [-0.2, -0.15) is 8.42 Å². The standard InChI is InChI=1S/C16H17N5O7S/c22-5-10-12(23)13(24)16(28-10)21-7-19-11-14(17-6-18-15(11)21)20-8-2-1-3-9(4-8)29(25,26)27/h1-4,6-7,10,12-13,16,22-24H,5H2,(H,17,18,20)(H,25,26,27)/t10-,12-,13-,16-/m1/s1. The lowest BCUT2D eigenvalue weighted by molar-refractivity contribution is -0.0511. The van der Waals surface area contributed by atoms with Crippen molar-refractivity contribution in [3.63, 3.8) is 0 Å². The molecule has 1 aromatic carbocycles. The Bertz CT molecular complexity index is 1150. The average Bonchev–Trinajstić information content (AvgIpc) is 3.24. The second kappa shape index (κ2) is 7.29. The van der Waals surface area contributed by atoms with Gasteiger partial charge in [-0.15, -0.1) is 0 Å². The molecule has 0 spiro atoms. The van der Waals surface area contributed by atoms with Gasteiger partial charge >= 0.3 is 0 Å². The van der Waals surface area contributed by atoms with Gasteiger partial charge in [0.2, 0.25) is 0 Å². The molecule has 1 aliphatic rings. The normalized spacial score (nSPS) is 24.8. The van der Waals surface area contributed by atoms with Gasteiger partial charge in [-0.25, -0.2) is 15.0 Å². The van der Waals surface area contributed by atoms with Crippen molar-refractivity contribution >= 4 is 32.8 Å². The number of anilines is 2. The molecule has 3 heterocycles. The summed E-state index contributed by atoms with van der Waals surface area (Å²) < 4.78 is 38.7. The van der Waals surface area contributed by atoms with E-state index in [0.29, 0.717) is 11.2 Å². The number of hydrogen-bond donors (Lipinski definition) is 5. The van der Waals surface area contributed by atoms with Crippen molar-refractivity contribution in [1.82, 2.24) is 19.5 Å². The van der Waals surface area contributed by atoms with E-state index < -0.39 is 41.3 Å². The molecule has 12 nitrogen and oxygen atoms in total. The summed E-state index contributed by atoms with van der Waals surface area (Å²) in [4.78, 5) is 12.2. The van der Waals surface area contributed by atoms with E-state index in [0.717, 1.165) is 0 Å². The Morgan fingerprint density at radius 3 is 2.66 bits per heavy atom. The predicted molar refractivity (Wildman–Crippen MR) is 97.9 cm³/mol. The van der Waals surface area contributed by atoms with Gasteiger partial charge in [-0.1, -0.05) is 6.07 Å². The third kappa shape index (κ3) is 3.55. The van der Waals surface area contributed by atoms with Crippen molar-refractivity contribution in [2.24, 2.45) is 0 Å². The smallest absolute Gasteiger partial charge is 0.294 e. The van der Waals surface area contributed by atoms with E-state index in [2.05, 4.69) is 20.3 Å². The van der Waals surface area contributed by atoms with E-state index in [4.69, 9.17) is 4.74 Å². The highest BCUT2D eigenvalue weighted by atomic mass is 32.2. The van der Waals surface area contributed by atoms with Crippen LogP contribution in [0.4, 0.5) is 11.5 Å². The molecule has 2 aromatic heterocycles. The third-order valence-corrected chi connectivity index (χ3v) is 5.39. The summed E-state index contributed by atoms with van der Waals surface area (Å²) in [5, 5.41) is 32.3. The van der Waals surface area contributed by atoms with E-state index >= 15 is 0 Å². The van der Waals surface area contributed by atoms with E-state index in [1.807, 2.05) is 0 Å². The Labute approximate surface area is 164 Å². The lowest BCUT2D eigenvalue weighted by Crippen LogP contribution is -2.33. The highest BCUT2D eigenvalue weighted by Crippen LogP contribution is 2.32. The van der Waals surface area contributed by atoms with Crippen LogP contribution in [0, 0.1) is 0 Å². The van der Waals surface area contributed by atoms with Gasteiger partial charge in [-0.05, 0) is 18.2 Å². The van der Waals surface area contributed by atoms with Gasteiger partial charge < -0.3 is 25.4 Å². The molecule has 0 unspecified atom stereocenters. The van der Waals surface area contributed by atoms with Gasteiger partial charge in [0.05, 0.1) is 17.8 Å². The zero-order valence-electron chi connectivity index (χ0n) is 14.7. The second-order valence-electron chi connectivity index (χ2n) is 6.40. The summed E-state index contributed by atoms with van der Waals surface area (Å²) in [5.41, 5.74) is 0.911. The monoisotopic (exact) mass is 423 g/mol. The molecular weight excluding hydrogens is 406 g/mol. The highest BCUT2D eigenvalue weighted by molar-refractivity contribution is 7.85. The van der Waals surface area contributed by atoms with E-state index in [1.54, 1.807) is 6.07 Å². The Kier molecular flexibility index (Phi) is 4.94. The molecular formula is C16H17N5O7S. The largest absolute Gasteiger partial charge is 0.394 e. The summed E-state index contributed by atoms with van der Waals surface area (Å²) in [6.45, 7) is -0.465. The first kappa shape index (κ1) is 19.6. The van der Waals surface area contributed by atoms with Crippen molar-refractivity contribution in [2.45, 2.75) is 29.4 Å². The van der Waals surface area contributed by atoms with Crippen LogP contribution in [0.3, 0.4) is 0 Å². The fraction of sp³-hybridized carbons (Fsp3) is 0.312. The third-order valence-electron chi connectivity index (χ3n) is 4.54. The summed E-state index contributed by atoms with van der Waals surface area (Å²) in [6, 6.07) is 5.49. The van der Waals surface area contributed by atoms with Crippen LogP contribution in [0.5, 0.6) is 0 Å². The summed E-state index contributed by atoms with van der Waals surface area (Å²) in [6.07, 6.45) is -1.96. The van der Waals surface area contributed by atoms with Crippen molar-refractivity contribution < 1.29 is 33.0 Å². The molecule has 4 rings (SSSR count). The van der Waals surface area contributed by atoms with E-state index in [1.165, 1.54) is 35.4 Å². The molecule has 0 amide bonds. The number of rotatable bonds is 5. The number of nitrogens with one attached hydrogen (secondary N) is 1. The minimum atomic E-state index is -4.37. The van der Waals surface area contributed by atoms with Crippen LogP contribution in [0.2, 0.25) is 0 Å². The summed E-state index contributed by atoms with van der Waals surface area (Å²) in [7, 11) is -4.37. The molecule has 0 saturated carbocycles. The molecule has 0 bridgehead atoms. The average molecular weight is 423 g/mol. The van der Waals surface area contributed by atoms with Crippen molar-refractivity contribution in [3.8, 4) is 0 Å². The first-order valence-corrected chi connectivity index (χ1v) is 9.88. The lowest BCUT2D eigenvalue weighted by Gasteiger charge is -2.16. The second-order valence-corrected chi connectivity index (χ2v) is 7.82. The molecule has 5 N–H and O–H groups in total. The molecule has 154 valence electrons. The fourth-order valence-corrected chi connectivity index (χ4v) is 3.64. The van der Waals surface area contributed by atoms with Crippen LogP contribution < -0.4 is 5.32 Å². The van der Waals surface area contributed by atoms with Gasteiger partial charge in [0.25, 0.3) is 10.1 Å². The molecule has 3 aromatic rings. The maximum Gasteiger partial charge on any atom is 0.294 e. The Hall–Kier alpha value is -2.68. The number of aliphatic hydroxyl groups is 3. The number of aromatic nitrogens is 4. The highest BCUT2D eigenvalue weighted by Gasteiger charge is 2.44. The van der Waals surface area contributed by atoms with Gasteiger partial charge in [-0.3, -0.25) is 9.12 Å². The van der Waals surface area contributed by atoms with Crippen LogP contribution in [0.15, 0.2) is 41.8 Å². The molecule has 0 aliphatic carbocycles. The predicted octanol–water partition coefficient (Wildman–Crippen LogP) is -0.572. The minimum absolute atomic E-state index is 0.244. The van der Waals surface area contributed by atoms with Crippen LogP contribution >= 0.6 is 0 Å². The SMILES string of the molecule is O=S(=O)(O)c1cccc(Nc2ncnc3c2ncn3[C@@H]2O[C@H](CO)[C@@H](O)[C@H]2O)c1. The van der Waals surface area contributed by atoms with Crippen LogP contribution in [-0.2, 0) is 14.9 Å². The Morgan fingerprint density at radius 1 is 1.17 bits per heavy atom. The van der Waals surface area contributed by atoms with Crippen molar-refractivity contribution in [2.75, 3.05) is 11.9 Å². The maximum atomic E-state index is 11.3. The number of ether oxygens (including phenoxy) is 1. The van der Waals surface area contributed by atoms with Crippen LogP contribution in [0.25, 0.3) is 11.2 Å². The number of imidazole rings is 1. The molecule has 1 aliphatic heterocycles. The topological polar surface area (TPSA) is 180 Å². The lowest BCUT2D eigenvalue weighted by atomic mass is 10.1. The molecule has 29 heavy (non-hydrogen) atoms. The Balaban J connectivity index is 1.69. The van der Waals surface area contributed by atoms with E-state index in [9.17, 15) is 28.3 Å². The summed E-state index contributed by atoms with van der Waals surface area (Å²) in [5.74, 6) is 0.244.